The van der Waals surface area contributed by atoms with Gasteiger partial charge < -0.3 is 4.90 Å². The minimum absolute atomic E-state index is 0.187. The maximum absolute atomic E-state index is 12.6. The van der Waals surface area contributed by atoms with E-state index in [0.717, 1.165) is 25.4 Å². The Labute approximate surface area is 110 Å². The fraction of sp³-hybridized carbons (Fsp3) is 0.929. The third-order valence-electron chi connectivity index (χ3n) is 5.01. The van der Waals surface area contributed by atoms with Crippen molar-refractivity contribution in [2.24, 2.45) is 0 Å². The van der Waals surface area contributed by atoms with Crippen LogP contribution in [0.5, 0.6) is 0 Å². The third kappa shape index (κ3) is 1.86. The van der Waals surface area contributed by atoms with Gasteiger partial charge in [-0.1, -0.05) is 6.92 Å². The molecular weight excluding hydrogens is 226 g/mol. The zero-order valence-corrected chi connectivity index (χ0v) is 11.8. The quantitative estimate of drug-likeness (QED) is 0.818. The average Bonchev–Trinajstić information content (AvgIpc) is 3.04. The zero-order chi connectivity index (χ0) is 12.9. The molecule has 4 heteroatoms. The van der Waals surface area contributed by atoms with E-state index < -0.39 is 0 Å². The molecule has 4 nitrogen and oxygen atoms in total. The van der Waals surface area contributed by atoms with Crippen molar-refractivity contribution in [2.45, 2.75) is 70.2 Å². The molecule has 2 saturated heterocycles. The number of rotatable bonds is 3. The highest BCUT2D eigenvalue weighted by Crippen LogP contribution is 2.34. The van der Waals surface area contributed by atoms with E-state index in [9.17, 15) is 4.79 Å². The standard InChI is InChI=1S/C14H25N3O/c1-4-14(3)13(18)17(10(2)15-14)12-7-8-16(9-12)11-5-6-11/h10-12,15H,4-9H2,1-3H3. The smallest absolute Gasteiger partial charge is 0.244 e. The summed E-state index contributed by atoms with van der Waals surface area (Å²) in [7, 11) is 0. The fourth-order valence-electron chi connectivity index (χ4n) is 3.55. The first-order valence-corrected chi connectivity index (χ1v) is 7.39. The van der Waals surface area contributed by atoms with Gasteiger partial charge in [-0.3, -0.25) is 15.0 Å². The van der Waals surface area contributed by atoms with E-state index >= 15 is 0 Å². The molecule has 102 valence electrons. The fourth-order valence-corrected chi connectivity index (χ4v) is 3.55. The molecule has 3 atom stereocenters. The minimum Gasteiger partial charge on any atom is -0.322 e. The van der Waals surface area contributed by atoms with E-state index in [2.05, 4.69) is 29.0 Å². The van der Waals surface area contributed by atoms with Crippen LogP contribution in [0.4, 0.5) is 0 Å². The Morgan fingerprint density at radius 2 is 2.06 bits per heavy atom. The molecule has 0 aromatic rings. The van der Waals surface area contributed by atoms with E-state index in [1.54, 1.807) is 0 Å². The largest absolute Gasteiger partial charge is 0.322 e. The van der Waals surface area contributed by atoms with Crippen molar-refractivity contribution in [2.75, 3.05) is 13.1 Å². The monoisotopic (exact) mass is 251 g/mol. The van der Waals surface area contributed by atoms with Gasteiger partial charge in [0.25, 0.3) is 0 Å². The lowest BCUT2D eigenvalue weighted by Crippen LogP contribution is -2.46. The Hall–Kier alpha value is -0.610. The molecule has 3 rings (SSSR count). The highest BCUT2D eigenvalue weighted by Gasteiger charge is 2.49. The average molecular weight is 251 g/mol. The molecule has 1 saturated carbocycles. The second-order valence-corrected chi connectivity index (χ2v) is 6.39. The van der Waals surface area contributed by atoms with Crippen LogP contribution in [-0.2, 0) is 4.79 Å². The first-order valence-electron chi connectivity index (χ1n) is 7.39. The van der Waals surface area contributed by atoms with Gasteiger partial charge in [-0.2, -0.15) is 0 Å². The molecule has 0 bridgehead atoms. The van der Waals surface area contributed by atoms with Crippen molar-refractivity contribution in [1.29, 1.82) is 0 Å². The van der Waals surface area contributed by atoms with Gasteiger partial charge in [-0.05, 0) is 39.5 Å². The van der Waals surface area contributed by atoms with Crippen LogP contribution < -0.4 is 5.32 Å². The zero-order valence-electron chi connectivity index (χ0n) is 11.8. The molecule has 1 amide bonds. The molecule has 0 aromatic carbocycles. The normalized spacial score (nSPS) is 41.9. The predicted molar refractivity (Wildman–Crippen MR) is 71.1 cm³/mol. The summed E-state index contributed by atoms with van der Waals surface area (Å²) in [6, 6.07) is 1.25. The van der Waals surface area contributed by atoms with Crippen molar-refractivity contribution in [3.63, 3.8) is 0 Å². The number of likely N-dealkylation sites (tertiary alicyclic amines) is 1. The number of carbonyl (C=O) groups excluding carboxylic acids is 1. The van der Waals surface area contributed by atoms with Crippen LogP contribution in [0.15, 0.2) is 0 Å². The third-order valence-corrected chi connectivity index (χ3v) is 5.01. The van der Waals surface area contributed by atoms with Gasteiger partial charge in [0.05, 0.1) is 11.7 Å². The van der Waals surface area contributed by atoms with Crippen molar-refractivity contribution in [3.05, 3.63) is 0 Å². The van der Waals surface area contributed by atoms with Crippen LogP contribution >= 0.6 is 0 Å². The second kappa shape index (κ2) is 4.20. The lowest BCUT2D eigenvalue weighted by molar-refractivity contribution is -0.134. The molecule has 0 aromatic heterocycles. The molecule has 2 heterocycles. The lowest BCUT2D eigenvalue weighted by atomic mass is 9.99. The molecule has 1 aliphatic carbocycles. The number of hydrogen-bond acceptors (Lipinski definition) is 3. The summed E-state index contributed by atoms with van der Waals surface area (Å²) in [5.74, 6) is 0.306. The SMILES string of the molecule is CCC1(C)NC(C)N(C2CCN(C3CC3)C2)C1=O. The van der Waals surface area contributed by atoms with Crippen LogP contribution in [-0.4, -0.2) is 52.6 Å². The Kier molecular flexibility index (Phi) is 2.90. The molecule has 3 aliphatic rings. The Morgan fingerprint density at radius 1 is 1.33 bits per heavy atom. The maximum atomic E-state index is 12.6. The number of hydrogen-bond donors (Lipinski definition) is 1. The van der Waals surface area contributed by atoms with E-state index in [1.165, 1.54) is 19.4 Å². The summed E-state index contributed by atoms with van der Waals surface area (Å²) in [5.41, 5.74) is -0.341. The molecule has 3 unspecified atom stereocenters. The summed E-state index contributed by atoms with van der Waals surface area (Å²) < 4.78 is 0. The van der Waals surface area contributed by atoms with E-state index in [0.29, 0.717) is 11.9 Å². The lowest BCUT2D eigenvalue weighted by Gasteiger charge is -2.28. The Balaban J connectivity index is 1.70. The van der Waals surface area contributed by atoms with Crippen LogP contribution in [0.2, 0.25) is 0 Å². The van der Waals surface area contributed by atoms with Crippen molar-refractivity contribution in [1.82, 2.24) is 15.1 Å². The Morgan fingerprint density at radius 3 is 2.61 bits per heavy atom. The number of nitrogens with zero attached hydrogens (tertiary/aromatic N) is 2. The van der Waals surface area contributed by atoms with Crippen molar-refractivity contribution >= 4 is 5.91 Å². The first-order chi connectivity index (χ1) is 8.55. The van der Waals surface area contributed by atoms with Gasteiger partial charge in [-0.25, -0.2) is 0 Å². The van der Waals surface area contributed by atoms with Crippen LogP contribution in [0.1, 0.15) is 46.5 Å². The van der Waals surface area contributed by atoms with Gasteiger partial charge in [0.15, 0.2) is 0 Å². The predicted octanol–water partition coefficient (Wildman–Crippen LogP) is 1.17. The molecule has 3 fully saturated rings. The molecule has 1 N–H and O–H groups in total. The summed E-state index contributed by atoms with van der Waals surface area (Å²) in [5, 5.41) is 3.47. The molecule has 18 heavy (non-hydrogen) atoms. The van der Waals surface area contributed by atoms with Gasteiger partial charge in [0.1, 0.15) is 0 Å². The number of carbonyl (C=O) groups is 1. The highest BCUT2D eigenvalue weighted by molar-refractivity contribution is 5.88. The topological polar surface area (TPSA) is 35.6 Å². The van der Waals surface area contributed by atoms with Crippen LogP contribution in [0.25, 0.3) is 0 Å². The maximum Gasteiger partial charge on any atom is 0.244 e. The Bertz CT molecular complexity index is 355. The van der Waals surface area contributed by atoms with Crippen molar-refractivity contribution < 1.29 is 4.79 Å². The van der Waals surface area contributed by atoms with Crippen molar-refractivity contribution in [3.8, 4) is 0 Å². The van der Waals surface area contributed by atoms with E-state index in [4.69, 9.17) is 0 Å². The van der Waals surface area contributed by atoms with E-state index in [-0.39, 0.29) is 11.7 Å². The summed E-state index contributed by atoms with van der Waals surface area (Å²) >= 11 is 0. The molecule has 2 aliphatic heterocycles. The van der Waals surface area contributed by atoms with E-state index in [1.807, 2.05) is 6.92 Å². The van der Waals surface area contributed by atoms with Gasteiger partial charge in [0.2, 0.25) is 5.91 Å². The molecule has 0 radical (unpaired) electrons. The summed E-state index contributed by atoms with van der Waals surface area (Å²) in [4.78, 5) is 17.3. The minimum atomic E-state index is -0.341. The number of nitrogens with one attached hydrogen (secondary N) is 1. The summed E-state index contributed by atoms with van der Waals surface area (Å²) in [6.45, 7) is 8.52. The highest BCUT2D eigenvalue weighted by atomic mass is 16.2. The number of amides is 1. The van der Waals surface area contributed by atoms with Crippen LogP contribution in [0.3, 0.4) is 0 Å². The second-order valence-electron chi connectivity index (χ2n) is 6.39. The van der Waals surface area contributed by atoms with Gasteiger partial charge in [-0.15, -0.1) is 0 Å². The van der Waals surface area contributed by atoms with Gasteiger partial charge in [0, 0.05) is 25.2 Å². The first kappa shape index (κ1) is 12.4. The molecular formula is C14H25N3O. The molecule has 0 spiro atoms. The van der Waals surface area contributed by atoms with Crippen LogP contribution in [0, 0.1) is 0 Å². The summed E-state index contributed by atoms with van der Waals surface area (Å²) in [6.07, 6.45) is 4.92. The van der Waals surface area contributed by atoms with Gasteiger partial charge >= 0.3 is 0 Å².